The smallest absolute Gasteiger partial charge is 0.326 e. The summed E-state index contributed by atoms with van der Waals surface area (Å²) in [6, 6.07) is 11.4. The number of esters is 1. The number of pyridine rings is 1. The van der Waals surface area contributed by atoms with E-state index in [0.717, 1.165) is 0 Å². The first-order valence-corrected chi connectivity index (χ1v) is 7.42. The zero-order valence-electron chi connectivity index (χ0n) is 13.2. The zero-order valence-corrected chi connectivity index (χ0v) is 13.2. The quantitative estimate of drug-likeness (QED) is 0.776. The molecule has 0 unspecified atom stereocenters. The van der Waals surface area contributed by atoms with Crippen molar-refractivity contribution >= 4 is 17.6 Å². The average Bonchev–Trinajstić information content (AvgIpc) is 2.57. The SMILES string of the molecule is CCOc1ccc(NC(=O)COC(=O)Cn2ccccc2=O)cc1. The Kier molecular flexibility index (Phi) is 6.13. The summed E-state index contributed by atoms with van der Waals surface area (Å²) in [6.45, 7) is 1.78. The first-order chi connectivity index (χ1) is 11.6. The van der Waals surface area contributed by atoms with Gasteiger partial charge in [0.2, 0.25) is 0 Å². The summed E-state index contributed by atoms with van der Waals surface area (Å²) >= 11 is 0. The van der Waals surface area contributed by atoms with Crippen LogP contribution in [-0.2, 0) is 20.9 Å². The molecular formula is C17H18N2O5. The van der Waals surface area contributed by atoms with Crippen LogP contribution < -0.4 is 15.6 Å². The second-order valence-electron chi connectivity index (χ2n) is 4.83. The first-order valence-electron chi connectivity index (χ1n) is 7.42. The maximum atomic E-state index is 11.8. The van der Waals surface area contributed by atoms with E-state index < -0.39 is 18.5 Å². The molecule has 0 fully saturated rings. The van der Waals surface area contributed by atoms with E-state index in [1.54, 1.807) is 36.4 Å². The molecule has 126 valence electrons. The number of nitrogens with one attached hydrogen (secondary N) is 1. The van der Waals surface area contributed by atoms with Gasteiger partial charge >= 0.3 is 5.97 Å². The van der Waals surface area contributed by atoms with Crippen molar-refractivity contribution in [1.82, 2.24) is 4.57 Å². The van der Waals surface area contributed by atoms with E-state index in [0.29, 0.717) is 18.0 Å². The molecule has 7 nitrogen and oxygen atoms in total. The number of rotatable bonds is 7. The van der Waals surface area contributed by atoms with Crippen LogP contribution in [0.3, 0.4) is 0 Å². The average molecular weight is 330 g/mol. The van der Waals surface area contributed by atoms with Crippen molar-refractivity contribution in [1.29, 1.82) is 0 Å². The van der Waals surface area contributed by atoms with Gasteiger partial charge in [-0.2, -0.15) is 0 Å². The monoisotopic (exact) mass is 330 g/mol. The van der Waals surface area contributed by atoms with Gasteiger partial charge in [-0.1, -0.05) is 6.07 Å². The Morgan fingerprint density at radius 3 is 2.54 bits per heavy atom. The van der Waals surface area contributed by atoms with Crippen LogP contribution in [0.25, 0.3) is 0 Å². The van der Waals surface area contributed by atoms with E-state index >= 15 is 0 Å². The van der Waals surface area contributed by atoms with Crippen molar-refractivity contribution in [3.8, 4) is 5.75 Å². The van der Waals surface area contributed by atoms with Crippen LogP contribution in [0.2, 0.25) is 0 Å². The first kappa shape index (κ1) is 17.3. The largest absolute Gasteiger partial charge is 0.494 e. The number of carbonyl (C=O) groups excluding carboxylic acids is 2. The van der Waals surface area contributed by atoms with Crippen molar-refractivity contribution in [3.63, 3.8) is 0 Å². The van der Waals surface area contributed by atoms with Gasteiger partial charge < -0.3 is 19.4 Å². The molecule has 0 saturated carbocycles. The predicted molar refractivity (Wildman–Crippen MR) is 87.9 cm³/mol. The molecule has 1 aromatic carbocycles. The van der Waals surface area contributed by atoms with E-state index in [9.17, 15) is 14.4 Å². The third-order valence-electron chi connectivity index (χ3n) is 3.01. The topological polar surface area (TPSA) is 86.6 Å². The highest BCUT2D eigenvalue weighted by Crippen LogP contribution is 2.15. The van der Waals surface area contributed by atoms with Gasteiger partial charge in [-0.3, -0.25) is 14.4 Å². The molecule has 0 bridgehead atoms. The van der Waals surface area contributed by atoms with Gasteiger partial charge in [0.05, 0.1) is 6.61 Å². The van der Waals surface area contributed by atoms with Crippen molar-refractivity contribution in [2.75, 3.05) is 18.5 Å². The van der Waals surface area contributed by atoms with Gasteiger partial charge in [0.15, 0.2) is 6.61 Å². The highest BCUT2D eigenvalue weighted by Gasteiger charge is 2.09. The standard InChI is InChI=1S/C17H18N2O5/c1-2-23-14-8-6-13(7-9-14)18-15(20)12-24-17(22)11-19-10-4-3-5-16(19)21/h3-10H,2,11-12H2,1H3,(H,18,20). The van der Waals surface area contributed by atoms with Crippen LogP contribution in [-0.4, -0.2) is 29.7 Å². The van der Waals surface area contributed by atoms with Crippen LogP contribution in [0, 0.1) is 0 Å². The maximum Gasteiger partial charge on any atom is 0.326 e. The second-order valence-corrected chi connectivity index (χ2v) is 4.83. The Bertz CT molecular complexity index is 752. The fraction of sp³-hybridized carbons (Fsp3) is 0.235. The lowest BCUT2D eigenvalue weighted by atomic mass is 10.3. The molecule has 0 radical (unpaired) electrons. The minimum atomic E-state index is -0.662. The van der Waals surface area contributed by atoms with Crippen LogP contribution in [0.5, 0.6) is 5.75 Å². The number of amides is 1. The second kappa shape index (κ2) is 8.52. The molecule has 7 heteroatoms. The zero-order chi connectivity index (χ0) is 17.4. The third-order valence-corrected chi connectivity index (χ3v) is 3.01. The minimum Gasteiger partial charge on any atom is -0.494 e. The Balaban J connectivity index is 1.79. The lowest BCUT2D eigenvalue weighted by Crippen LogP contribution is -2.26. The van der Waals surface area contributed by atoms with Crippen LogP contribution in [0.15, 0.2) is 53.5 Å². The Morgan fingerprint density at radius 2 is 1.88 bits per heavy atom. The number of aromatic nitrogens is 1. The molecule has 2 aromatic rings. The third kappa shape index (κ3) is 5.28. The molecule has 0 spiro atoms. The van der Waals surface area contributed by atoms with E-state index in [1.807, 2.05) is 6.92 Å². The molecule has 1 N–H and O–H groups in total. The summed E-state index contributed by atoms with van der Waals surface area (Å²) in [5, 5.41) is 2.60. The number of hydrogen-bond acceptors (Lipinski definition) is 5. The summed E-state index contributed by atoms with van der Waals surface area (Å²) in [5.41, 5.74) is 0.257. The molecule has 0 aliphatic carbocycles. The van der Waals surface area contributed by atoms with Gasteiger partial charge in [-0.05, 0) is 37.3 Å². The Labute approximate surface area is 138 Å². The highest BCUT2D eigenvalue weighted by molar-refractivity contribution is 5.92. The minimum absolute atomic E-state index is 0.240. The van der Waals surface area contributed by atoms with Crippen LogP contribution in [0.4, 0.5) is 5.69 Å². The van der Waals surface area contributed by atoms with Gasteiger partial charge in [-0.25, -0.2) is 0 Å². The van der Waals surface area contributed by atoms with E-state index in [1.165, 1.54) is 16.8 Å². The van der Waals surface area contributed by atoms with E-state index in [-0.39, 0.29) is 12.1 Å². The highest BCUT2D eigenvalue weighted by atomic mass is 16.5. The van der Waals surface area contributed by atoms with Crippen molar-refractivity contribution in [3.05, 3.63) is 59.0 Å². The Morgan fingerprint density at radius 1 is 1.12 bits per heavy atom. The summed E-state index contributed by atoms with van der Waals surface area (Å²) in [7, 11) is 0. The molecule has 24 heavy (non-hydrogen) atoms. The molecule has 1 aromatic heterocycles. The molecule has 0 saturated heterocycles. The lowest BCUT2D eigenvalue weighted by molar-refractivity contribution is -0.147. The lowest BCUT2D eigenvalue weighted by Gasteiger charge is -2.08. The van der Waals surface area contributed by atoms with E-state index in [4.69, 9.17) is 9.47 Å². The number of hydrogen-bond donors (Lipinski definition) is 1. The molecule has 1 heterocycles. The number of carbonyl (C=O) groups is 2. The van der Waals surface area contributed by atoms with Gasteiger partial charge in [0, 0.05) is 18.0 Å². The number of benzene rings is 1. The molecular weight excluding hydrogens is 312 g/mol. The molecule has 0 aliphatic heterocycles. The molecule has 0 atom stereocenters. The summed E-state index contributed by atoms with van der Waals surface area (Å²) in [5.74, 6) is -0.423. The van der Waals surface area contributed by atoms with Crippen molar-refractivity contribution in [2.24, 2.45) is 0 Å². The van der Waals surface area contributed by atoms with Crippen molar-refractivity contribution in [2.45, 2.75) is 13.5 Å². The summed E-state index contributed by atoms with van der Waals surface area (Å²) < 4.78 is 11.4. The summed E-state index contributed by atoms with van der Waals surface area (Å²) in [6.07, 6.45) is 1.48. The number of nitrogens with zero attached hydrogens (tertiary/aromatic N) is 1. The molecule has 2 rings (SSSR count). The van der Waals surface area contributed by atoms with Gasteiger partial charge in [0.25, 0.3) is 11.5 Å². The fourth-order valence-corrected chi connectivity index (χ4v) is 1.92. The van der Waals surface area contributed by atoms with E-state index in [2.05, 4.69) is 5.32 Å². The summed E-state index contributed by atoms with van der Waals surface area (Å²) in [4.78, 5) is 34.9. The fourth-order valence-electron chi connectivity index (χ4n) is 1.92. The van der Waals surface area contributed by atoms with Gasteiger partial charge in [0.1, 0.15) is 12.3 Å². The van der Waals surface area contributed by atoms with Crippen LogP contribution >= 0.6 is 0 Å². The molecule has 1 amide bonds. The Hall–Kier alpha value is -3.09. The van der Waals surface area contributed by atoms with Crippen molar-refractivity contribution < 1.29 is 19.1 Å². The van der Waals surface area contributed by atoms with Crippen LogP contribution in [0.1, 0.15) is 6.92 Å². The van der Waals surface area contributed by atoms with Gasteiger partial charge in [-0.15, -0.1) is 0 Å². The maximum absolute atomic E-state index is 11.8. The predicted octanol–water partition coefficient (Wildman–Crippen LogP) is 1.43. The molecule has 0 aliphatic rings. The number of ether oxygens (including phenoxy) is 2. The normalized spacial score (nSPS) is 10.0. The number of anilines is 1.